The Morgan fingerprint density at radius 2 is 1.87 bits per heavy atom. The van der Waals surface area contributed by atoms with E-state index in [1.165, 1.54) is 12.1 Å². The third-order valence-corrected chi connectivity index (χ3v) is 3.50. The van der Waals surface area contributed by atoms with Gasteiger partial charge in [-0.1, -0.05) is 30.0 Å². The second-order valence-corrected chi connectivity index (χ2v) is 5.65. The van der Waals surface area contributed by atoms with E-state index in [0.29, 0.717) is 6.54 Å². The molecule has 0 aliphatic rings. The SMILES string of the molecule is CN(C)CC#Cc1cccc2ncc(-c3cccc(F)c3)cc12. The number of nitrogens with zero attached hydrogens (tertiary/aromatic N) is 2. The summed E-state index contributed by atoms with van der Waals surface area (Å²) in [4.78, 5) is 6.51. The molecule has 0 atom stereocenters. The Labute approximate surface area is 135 Å². The van der Waals surface area contributed by atoms with E-state index in [2.05, 4.69) is 16.8 Å². The summed E-state index contributed by atoms with van der Waals surface area (Å²) < 4.78 is 13.4. The average Bonchev–Trinajstić information content (AvgIpc) is 2.54. The van der Waals surface area contributed by atoms with Gasteiger partial charge in [-0.3, -0.25) is 9.88 Å². The van der Waals surface area contributed by atoms with Crippen LogP contribution in [-0.2, 0) is 0 Å². The van der Waals surface area contributed by atoms with Crippen LogP contribution in [0.4, 0.5) is 4.39 Å². The Bertz CT molecular complexity index is 904. The van der Waals surface area contributed by atoms with Crippen LogP contribution in [0.1, 0.15) is 5.56 Å². The van der Waals surface area contributed by atoms with Gasteiger partial charge in [0.1, 0.15) is 5.82 Å². The quantitative estimate of drug-likeness (QED) is 0.666. The van der Waals surface area contributed by atoms with Crippen LogP contribution >= 0.6 is 0 Å². The maximum absolute atomic E-state index is 13.4. The van der Waals surface area contributed by atoms with E-state index in [1.807, 2.05) is 49.3 Å². The number of hydrogen-bond acceptors (Lipinski definition) is 2. The molecule has 0 bridgehead atoms. The topological polar surface area (TPSA) is 16.1 Å². The minimum Gasteiger partial charge on any atom is -0.299 e. The van der Waals surface area contributed by atoms with E-state index >= 15 is 0 Å². The summed E-state index contributed by atoms with van der Waals surface area (Å²) in [5.74, 6) is 6.10. The molecule has 0 unspecified atom stereocenters. The van der Waals surface area contributed by atoms with Crippen LogP contribution in [0, 0.1) is 17.7 Å². The summed E-state index contributed by atoms with van der Waals surface area (Å²) in [5, 5.41) is 0.987. The molecule has 0 spiro atoms. The molecule has 0 N–H and O–H groups in total. The number of aromatic nitrogens is 1. The van der Waals surface area contributed by atoms with Crippen molar-refractivity contribution in [2.75, 3.05) is 20.6 Å². The van der Waals surface area contributed by atoms with Gasteiger partial charge in [0, 0.05) is 22.7 Å². The third-order valence-electron chi connectivity index (χ3n) is 3.50. The van der Waals surface area contributed by atoms with Crippen molar-refractivity contribution in [1.82, 2.24) is 9.88 Å². The molecular weight excluding hydrogens is 287 g/mol. The van der Waals surface area contributed by atoms with Crippen molar-refractivity contribution in [3.63, 3.8) is 0 Å². The molecule has 3 rings (SSSR count). The van der Waals surface area contributed by atoms with Gasteiger partial charge in [-0.15, -0.1) is 0 Å². The molecule has 2 aromatic carbocycles. The van der Waals surface area contributed by atoms with E-state index < -0.39 is 0 Å². The molecule has 1 heterocycles. The summed E-state index contributed by atoms with van der Waals surface area (Å²) in [7, 11) is 3.97. The highest BCUT2D eigenvalue weighted by Crippen LogP contribution is 2.25. The third kappa shape index (κ3) is 3.56. The maximum Gasteiger partial charge on any atom is 0.123 e. The van der Waals surface area contributed by atoms with Gasteiger partial charge in [0.15, 0.2) is 0 Å². The molecular formula is C20H17FN2. The van der Waals surface area contributed by atoms with Crippen LogP contribution in [0.25, 0.3) is 22.0 Å². The van der Waals surface area contributed by atoms with Crippen molar-refractivity contribution in [1.29, 1.82) is 0 Å². The van der Waals surface area contributed by atoms with Crippen molar-refractivity contribution in [3.8, 4) is 23.0 Å². The van der Waals surface area contributed by atoms with Crippen molar-refractivity contribution >= 4 is 10.9 Å². The fourth-order valence-electron chi connectivity index (χ4n) is 2.38. The van der Waals surface area contributed by atoms with Crippen molar-refractivity contribution in [2.24, 2.45) is 0 Å². The molecule has 0 fully saturated rings. The fourth-order valence-corrected chi connectivity index (χ4v) is 2.38. The normalized spacial score (nSPS) is 10.6. The number of hydrogen-bond donors (Lipinski definition) is 0. The number of halogens is 1. The van der Waals surface area contributed by atoms with Crippen LogP contribution < -0.4 is 0 Å². The summed E-state index contributed by atoms with van der Waals surface area (Å²) in [6, 6.07) is 14.5. The molecule has 3 heteroatoms. The van der Waals surface area contributed by atoms with Gasteiger partial charge in [0.2, 0.25) is 0 Å². The highest BCUT2D eigenvalue weighted by Gasteiger charge is 2.04. The Morgan fingerprint density at radius 1 is 1.04 bits per heavy atom. The lowest BCUT2D eigenvalue weighted by atomic mass is 10.0. The summed E-state index contributed by atoms with van der Waals surface area (Å²) in [5.41, 5.74) is 3.53. The summed E-state index contributed by atoms with van der Waals surface area (Å²) in [6.45, 7) is 0.702. The van der Waals surface area contributed by atoms with Crippen molar-refractivity contribution in [3.05, 3.63) is 66.1 Å². The molecule has 3 aromatic rings. The molecule has 2 nitrogen and oxygen atoms in total. The lowest BCUT2D eigenvalue weighted by Crippen LogP contribution is -2.10. The zero-order valence-electron chi connectivity index (χ0n) is 13.2. The molecule has 0 saturated carbocycles. The van der Waals surface area contributed by atoms with Crippen LogP contribution in [0.3, 0.4) is 0 Å². The first-order chi connectivity index (χ1) is 11.1. The second-order valence-electron chi connectivity index (χ2n) is 5.65. The van der Waals surface area contributed by atoms with Crippen molar-refractivity contribution < 1.29 is 4.39 Å². The summed E-state index contributed by atoms with van der Waals surface area (Å²) in [6.07, 6.45) is 1.77. The number of fused-ring (bicyclic) bond motifs is 1. The van der Waals surface area contributed by atoms with E-state index in [-0.39, 0.29) is 5.82 Å². The first-order valence-electron chi connectivity index (χ1n) is 7.42. The van der Waals surface area contributed by atoms with Crippen LogP contribution in [-0.4, -0.2) is 30.5 Å². The van der Waals surface area contributed by atoms with Crippen molar-refractivity contribution in [2.45, 2.75) is 0 Å². The van der Waals surface area contributed by atoms with Gasteiger partial charge < -0.3 is 0 Å². The lowest BCUT2D eigenvalue weighted by molar-refractivity contribution is 0.464. The van der Waals surface area contributed by atoms with Gasteiger partial charge >= 0.3 is 0 Å². The number of benzene rings is 2. The van der Waals surface area contributed by atoms with E-state index in [4.69, 9.17) is 0 Å². The second kappa shape index (κ2) is 6.60. The first-order valence-corrected chi connectivity index (χ1v) is 7.42. The fraction of sp³-hybridized carbons (Fsp3) is 0.150. The van der Waals surface area contributed by atoms with Crippen LogP contribution in [0.5, 0.6) is 0 Å². The van der Waals surface area contributed by atoms with E-state index in [9.17, 15) is 4.39 Å². The van der Waals surface area contributed by atoms with Gasteiger partial charge in [-0.25, -0.2) is 4.39 Å². The van der Waals surface area contributed by atoms with E-state index in [1.54, 1.807) is 12.3 Å². The predicted octanol–water partition coefficient (Wildman–Crippen LogP) is 3.95. The van der Waals surface area contributed by atoms with Crippen LogP contribution in [0.15, 0.2) is 54.7 Å². The molecule has 114 valence electrons. The zero-order chi connectivity index (χ0) is 16.2. The Hall–Kier alpha value is -2.70. The smallest absolute Gasteiger partial charge is 0.123 e. The molecule has 1 aromatic heterocycles. The van der Waals surface area contributed by atoms with Gasteiger partial charge in [0.05, 0.1) is 12.1 Å². The number of pyridine rings is 1. The monoisotopic (exact) mass is 304 g/mol. The largest absolute Gasteiger partial charge is 0.299 e. The van der Waals surface area contributed by atoms with Crippen LogP contribution in [0.2, 0.25) is 0 Å². The lowest BCUT2D eigenvalue weighted by Gasteiger charge is -2.06. The molecule has 0 saturated heterocycles. The Kier molecular flexibility index (Phi) is 4.36. The Morgan fingerprint density at radius 3 is 2.65 bits per heavy atom. The summed E-state index contributed by atoms with van der Waals surface area (Å²) >= 11 is 0. The minimum absolute atomic E-state index is 0.248. The zero-order valence-corrected chi connectivity index (χ0v) is 13.2. The standard InChI is InChI=1S/C20H17FN2/c1-23(2)11-5-8-15-6-4-10-20-19(15)13-17(14-22-20)16-7-3-9-18(21)12-16/h3-4,6-7,9-10,12-14H,11H2,1-2H3. The molecule has 0 aliphatic heterocycles. The minimum atomic E-state index is -0.248. The molecule has 0 radical (unpaired) electrons. The maximum atomic E-state index is 13.4. The first kappa shape index (κ1) is 15.2. The van der Waals surface area contributed by atoms with Gasteiger partial charge in [-0.2, -0.15) is 0 Å². The molecule has 23 heavy (non-hydrogen) atoms. The highest BCUT2D eigenvalue weighted by molar-refractivity contribution is 5.88. The van der Waals surface area contributed by atoms with Gasteiger partial charge in [0.25, 0.3) is 0 Å². The molecule has 0 amide bonds. The van der Waals surface area contributed by atoms with E-state index in [0.717, 1.165) is 27.6 Å². The Balaban J connectivity index is 2.08. The predicted molar refractivity (Wildman–Crippen MR) is 92.6 cm³/mol. The number of rotatable bonds is 2. The average molecular weight is 304 g/mol. The molecule has 0 aliphatic carbocycles. The highest BCUT2D eigenvalue weighted by atomic mass is 19.1. The van der Waals surface area contributed by atoms with Gasteiger partial charge in [-0.05, 0) is 50.0 Å².